The van der Waals surface area contributed by atoms with Gasteiger partial charge in [0, 0.05) is 12.3 Å². The topological polar surface area (TPSA) is 27.1 Å². The molecule has 1 aromatic heterocycles. The number of halogens is 1. The van der Waals surface area contributed by atoms with Crippen LogP contribution in [0.5, 0.6) is 0 Å². The number of ether oxygens (including phenoxy) is 1. The summed E-state index contributed by atoms with van der Waals surface area (Å²) in [6.07, 6.45) is 1.10. The number of aryl methyl sites for hydroxylation is 1. The molecule has 0 spiro atoms. The van der Waals surface area contributed by atoms with Crippen molar-refractivity contribution in [2.45, 2.75) is 26.3 Å². The summed E-state index contributed by atoms with van der Waals surface area (Å²) in [6.45, 7) is 5.87. The molecule has 1 unspecified atom stereocenters. The summed E-state index contributed by atoms with van der Waals surface area (Å²) in [7, 11) is 0. The van der Waals surface area contributed by atoms with Crippen LogP contribution in [-0.4, -0.2) is 23.0 Å². The molecule has 1 saturated heterocycles. The highest BCUT2D eigenvalue weighted by atomic mass is 127. The molecule has 4 heteroatoms. The lowest BCUT2D eigenvalue weighted by Gasteiger charge is -2.10. The summed E-state index contributed by atoms with van der Waals surface area (Å²) in [6, 6.07) is 0.460. The van der Waals surface area contributed by atoms with E-state index in [2.05, 4.69) is 46.2 Å². The van der Waals surface area contributed by atoms with Crippen LogP contribution < -0.4 is 0 Å². The van der Waals surface area contributed by atoms with Gasteiger partial charge in [0.25, 0.3) is 0 Å². The number of hydrogen-bond donors (Lipinski definition) is 0. The van der Waals surface area contributed by atoms with Gasteiger partial charge < -0.3 is 4.74 Å². The van der Waals surface area contributed by atoms with Gasteiger partial charge in [-0.3, -0.25) is 4.68 Å². The second-order valence-corrected chi connectivity index (χ2v) is 4.53. The molecule has 0 N–H and O–H groups in total. The van der Waals surface area contributed by atoms with Gasteiger partial charge in [-0.2, -0.15) is 5.10 Å². The third kappa shape index (κ3) is 1.61. The maximum absolute atomic E-state index is 5.35. The molecule has 2 rings (SSSR count). The van der Waals surface area contributed by atoms with Crippen molar-refractivity contribution in [1.29, 1.82) is 0 Å². The first-order valence-electron chi connectivity index (χ1n) is 4.49. The van der Waals surface area contributed by atoms with Crippen molar-refractivity contribution in [3.05, 3.63) is 15.0 Å². The van der Waals surface area contributed by atoms with Crippen molar-refractivity contribution >= 4 is 22.6 Å². The second kappa shape index (κ2) is 3.57. The second-order valence-electron chi connectivity index (χ2n) is 3.45. The third-order valence-electron chi connectivity index (χ3n) is 2.49. The van der Waals surface area contributed by atoms with Crippen LogP contribution in [-0.2, 0) is 4.74 Å². The van der Waals surface area contributed by atoms with Gasteiger partial charge in [0.15, 0.2) is 0 Å². The van der Waals surface area contributed by atoms with Gasteiger partial charge in [0.2, 0.25) is 0 Å². The zero-order chi connectivity index (χ0) is 9.42. The molecule has 0 aromatic carbocycles. The van der Waals surface area contributed by atoms with Crippen LogP contribution >= 0.6 is 22.6 Å². The number of aromatic nitrogens is 2. The Hall–Kier alpha value is -0.100. The first-order chi connectivity index (χ1) is 6.20. The van der Waals surface area contributed by atoms with E-state index in [1.807, 2.05) is 0 Å². The molecule has 1 aromatic rings. The van der Waals surface area contributed by atoms with Crippen LogP contribution in [0.1, 0.15) is 23.9 Å². The van der Waals surface area contributed by atoms with E-state index >= 15 is 0 Å². The fourth-order valence-corrected chi connectivity index (χ4v) is 2.07. The highest BCUT2D eigenvalue weighted by Crippen LogP contribution is 2.24. The Labute approximate surface area is 91.6 Å². The molecule has 0 aliphatic carbocycles. The van der Waals surface area contributed by atoms with E-state index in [9.17, 15) is 0 Å². The van der Waals surface area contributed by atoms with Crippen LogP contribution in [0, 0.1) is 17.4 Å². The molecule has 1 aliphatic rings. The molecule has 1 aliphatic heterocycles. The van der Waals surface area contributed by atoms with E-state index < -0.39 is 0 Å². The molecule has 13 heavy (non-hydrogen) atoms. The predicted octanol–water partition coefficient (Wildman–Crippen LogP) is 2.07. The summed E-state index contributed by atoms with van der Waals surface area (Å²) < 4.78 is 8.75. The van der Waals surface area contributed by atoms with Gasteiger partial charge in [0.05, 0.1) is 21.9 Å². The lowest BCUT2D eigenvalue weighted by Crippen LogP contribution is -2.12. The molecule has 1 atom stereocenters. The van der Waals surface area contributed by atoms with E-state index in [-0.39, 0.29) is 0 Å². The normalized spacial score (nSPS) is 22.5. The van der Waals surface area contributed by atoms with Crippen molar-refractivity contribution in [2.24, 2.45) is 0 Å². The average Bonchev–Trinajstić information content (AvgIpc) is 2.70. The Morgan fingerprint density at radius 2 is 2.31 bits per heavy atom. The fraction of sp³-hybridized carbons (Fsp3) is 0.667. The van der Waals surface area contributed by atoms with Gasteiger partial charge in [-0.05, 0) is 42.9 Å². The van der Waals surface area contributed by atoms with E-state index in [1.165, 1.54) is 9.26 Å². The molecular formula is C9H13IN2O. The molecule has 0 bridgehead atoms. The monoisotopic (exact) mass is 292 g/mol. The minimum absolute atomic E-state index is 0.460. The summed E-state index contributed by atoms with van der Waals surface area (Å²) >= 11 is 2.35. The lowest BCUT2D eigenvalue weighted by molar-refractivity contribution is 0.184. The van der Waals surface area contributed by atoms with Gasteiger partial charge in [-0.25, -0.2) is 0 Å². The first-order valence-corrected chi connectivity index (χ1v) is 5.57. The van der Waals surface area contributed by atoms with Crippen LogP contribution in [0.2, 0.25) is 0 Å². The Balaban J connectivity index is 2.34. The Bertz CT molecular complexity index is 316. The maximum atomic E-state index is 5.35. The summed E-state index contributed by atoms with van der Waals surface area (Å²) in [5, 5.41) is 4.52. The fourth-order valence-electron chi connectivity index (χ4n) is 1.71. The summed E-state index contributed by atoms with van der Waals surface area (Å²) in [4.78, 5) is 0. The third-order valence-corrected chi connectivity index (χ3v) is 4.05. The molecule has 0 radical (unpaired) electrons. The molecule has 3 nitrogen and oxygen atoms in total. The Morgan fingerprint density at radius 3 is 2.77 bits per heavy atom. The molecule has 72 valence electrons. The largest absolute Gasteiger partial charge is 0.379 e. The SMILES string of the molecule is Cc1nn(C2CCOC2)c(C)c1I. The minimum Gasteiger partial charge on any atom is -0.379 e. The molecule has 0 amide bonds. The zero-order valence-corrected chi connectivity index (χ0v) is 10.0. The quantitative estimate of drug-likeness (QED) is 0.741. The smallest absolute Gasteiger partial charge is 0.0778 e. The lowest BCUT2D eigenvalue weighted by atomic mass is 10.2. The van der Waals surface area contributed by atoms with Crippen molar-refractivity contribution in [2.75, 3.05) is 13.2 Å². The number of hydrogen-bond acceptors (Lipinski definition) is 2. The highest BCUT2D eigenvalue weighted by molar-refractivity contribution is 14.1. The van der Waals surface area contributed by atoms with Crippen molar-refractivity contribution in [3.8, 4) is 0 Å². The predicted molar refractivity (Wildman–Crippen MR) is 58.9 cm³/mol. The van der Waals surface area contributed by atoms with Crippen molar-refractivity contribution in [1.82, 2.24) is 9.78 Å². The highest BCUT2D eigenvalue weighted by Gasteiger charge is 2.21. The van der Waals surface area contributed by atoms with E-state index in [0.29, 0.717) is 6.04 Å². The number of rotatable bonds is 1. The van der Waals surface area contributed by atoms with Gasteiger partial charge in [-0.1, -0.05) is 0 Å². The molecule has 0 saturated carbocycles. The first kappa shape index (κ1) is 9.45. The maximum Gasteiger partial charge on any atom is 0.0778 e. The van der Waals surface area contributed by atoms with Crippen LogP contribution in [0.4, 0.5) is 0 Å². The van der Waals surface area contributed by atoms with Crippen molar-refractivity contribution < 1.29 is 4.74 Å². The van der Waals surface area contributed by atoms with Crippen LogP contribution in [0.15, 0.2) is 0 Å². The van der Waals surface area contributed by atoms with E-state index in [0.717, 1.165) is 25.3 Å². The summed E-state index contributed by atoms with van der Waals surface area (Å²) in [5.74, 6) is 0. The van der Waals surface area contributed by atoms with E-state index in [4.69, 9.17) is 4.74 Å². The van der Waals surface area contributed by atoms with Crippen LogP contribution in [0.3, 0.4) is 0 Å². The average molecular weight is 292 g/mol. The number of nitrogens with zero attached hydrogens (tertiary/aromatic N) is 2. The van der Waals surface area contributed by atoms with Crippen molar-refractivity contribution in [3.63, 3.8) is 0 Å². The molecule has 2 heterocycles. The minimum atomic E-state index is 0.460. The zero-order valence-electron chi connectivity index (χ0n) is 7.88. The Kier molecular flexibility index (Phi) is 2.60. The Morgan fingerprint density at radius 1 is 1.54 bits per heavy atom. The van der Waals surface area contributed by atoms with E-state index in [1.54, 1.807) is 0 Å². The standard InChI is InChI=1S/C9H13IN2O/c1-6-9(10)7(2)12(11-6)8-3-4-13-5-8/h8H,3-5H2,1-2H3. The van der Waals surface area contributed by atoms with Gasteiger partial charge in [0.1, 0.15) is 0 Å². The van der Waals surface area contributed by atoms with Crippen LogP contribution in [0.25, 0.3) is 0 Å². The molecular weight excluding hydrogens is 279 g/mol. The summed E-state index contributed by atoms with van der Waals surface area (Å²) in [5.41, 5.74) is 2.40. The van der Waals surface area contributed by atoms with Gasteiger partial charge in [-0.15, -0.1) is 0 Å². The molecule has 1 fully saturated rings. The van der Waals surface area contributed by atoms with Gasteiger partial charge >= 0.3 is 0 Å².